The van der Waals surface area contributed by atoms with Crippen molar-refractivity contribution in [3.05, 3.63) is 65.3 Å². The molecule has 1 saturated heterocycles. The van der Waals surface area contributed by atoms with Gasteiger partial charge < -0.3 is 4.52 Å². The summed E-state index contributed by atoms with van der Waals surface area (Å²) < 4.78 is 18.8. The number of imide groups is 1. The van der Waals surface area contributed by atoms with Gasteiger partial charge in [-0.25, -0.2) is 9.29 Å². The maximum absolute atomic E-state index is 13.6. The molecule has 0 spiro atoms. The summed E-state index contributed by atoms with van der Waals surface area (Å²) in [6, 6.07) is 10.3. The Labute approximate surface area is 173 Å². The van der Waals surface area contributed by atoms with Crippen LogP contribution >= 0.6 is 11.6 Å². The van der Waals surface area contributed by atoms with E-state index in [2.05, 4.69) is 20.5 Å². The van der Waals surface area contributed by atoms with Gasteiger partial charge in [-0.1, -0.05) is 40.2 Å². The number of aromatic nitrogens is 2. The van der Waals surface area contributed by atoms with Gasteiger partial charge in [0.05, 0.1) is 5.69 Å². The van der Waals surface area contributed by atoms with Crippen LogP contribution in [0.15, 0.2) is 63.4 Å². The van der Waals surface area contributed by atoms with E-state index in [-0.39, 0.29) is 18.1 Å². The topological polar surface area (TPSA) is 104 Å². The molecule has 3 aromatic rings. The average Bonchev–Trinajstić information content (AvgIpc) is 3.41. The smallest absolute Gasteiger partial charge is 0.263 e. The van der Waals surface area contributed by atoms with Crippen LogP contribution in [0.1, 0.15) is 5.89 Å². The molecule has 2 aliphatic rings. The highest BCUT2D eigenvalue weighted by Crippen LogP contribution is 2.33. The van der Waals surface area contributed by atoms with Gasteiger partial charge in [-0.05, 0) is 30.3 Å². The van der Waals surface area contributed by atoms with Crippen LogP contribution in [0.4, 0.5) is 10.1 Å². The molecule has 0 unspecified atom stereocenters. The van der Waals surface area contributed by atoms with Crippen molar-refractivity contribution in [1.82, 2.24) is 15.1 Å². The number of benzene rings is 2. The fraction of sp³-hybridized carbons (Fsp3) is 0.158. The van der Waals surface area contributed by atoms with Crippen LogP contribution in [-0.4, -0.2) is 39.0 Å². The van der Waals surface area contributed by atoms with Crippen molar-refractivity contribution in [3.8, 4) is 11.4 Å². The van der Waals surface area contributed by atoms with E-state index in [1.165, 1.54) is 23.2 Å². The van der Waals surface area contributed by atoms with Gasteiger partial charge in [0.1, 0.15) is 12.4 Å². The predicted molar refractivity (Wildman–Crippen MR) is 102 cm³/mol. The number of rotatable bonds is 4. The summed E-state index contributed by atoms with van der Waals surface area (Å²) in [7, 11) is 0. The highest BCUT2D eigenvalue weighted by Gasteiger charge is 2.55. The van der Waals surface area contributed by atoms with Gasteiger partial charge in [-0.3, -0.25) is 14.6 Å². The number of anilines is 1. The summed E-state index contributed by atoms with van der Waals surface area (Å²) in [5.74, 6) is -1.14. The van der Waals surface area contributed by atoms with Gasteiger partial charge >= 0.3 is 0 Å². The highest BCUT2D eigenvalue weighted by atomic mass is 35.5. The van der Waals surface area contributed by atoms with Crippen molar-refractivity contribution >= 4 is 29.1 Å². The first kappa shape index (κ1) is 18.4. The Morgan fingerprint density at radius 3 is 2.73 bits per heavy atom. The summed E-state index contributed by atoms with van der Waals surface area (Å²) in [5.41, 5.74) is 0.818. The summed E-state index contributed by atoms with van der Waals surface area (Å²) in [6.45, 7) is -0.0196. The van der Waals surface area contributed by atoms with E-state index in [9.17, 15) is 14.0 Å². The number of carbonyl (C=O) groups excluding carboxylic acids is 2. The number of fused-ring (bicyclic) bond motifs is 1. The second-order valence-corrected chi connectivity index (χ2v) is 7.14. The minimum atomic E-state index is -1.00. The lowest BCUT2D eigenvalue weighted by atomic mass is 10.1. The standard InChI is InChI=1S/C19H12ClFN6O3/c20-11-4-1-3-10(7-11)17-22-14(30-24-17)9-26-16-15(23-25-26)18(28)27(19(16)29)13-6-2-5-12(21)8-13/h1-8,15-16H,9H2/t15-,16-/m1/s1. The maximum atomic E-state index is 13.6. The number of hydrogen-bond acceptors (Lipinski definition) is 8. The Hall–Kier alpha value is -3.66. The Balaban J connectivity index is 1.37. The van der Waals surface area contributed by atoms with Crippen molar-refractivity contribution in [3.63, 3.8) is 0 Å². The molecule has 0 bridgehead atoms. The fourth-order valence-corrected chi connectivity index (χ4v) is 3.62. The minimum Gasteiger partial charge on any atom is -0.337 e. The number of nitrogens with zero attached hydrogens (tertiary/aromatic N) is 6. The van der Waals surface area contributed by atoms with Crippen molar-refractivity contribution in [2.24, 2.45) is 10.3 Å². The zero-order chi connectivity index (χ0) is 20.8. The second kappa shape index (κ2) is 6.99. The van der Waals surface area contributed by atoms with E-state index < -0.39 is 29.7 Å². The Kier molecular flexibility index (Phi) is 4.28. The van der Waals surface area contributed by atoms with E-state index in [0.717, 1.165) is 11.0 Å². The second-order valence-electron chi connectivity index (χ2n) is 6.71. The maximum Gasteiger partial charge on any atom is 0.263 e. The number of halogens is 2. The van der Waals surface area contributed by atoms with Gasteiger partial charge in [0.15, 0.2) is 12.1 Å². The van der Waals surface area contributed by atoms with Crippen LogP contribution in [0.3, 0.4) is 0 Å². The van der Waals surface area contributed by atoms with E-state index in [0.29, 0.717) is 16.4 Å². The van der Waals surface area contributed by atoms with E-state index in [1.54, 1.807) is 24.3 Å². The van der Waals surface area contributed by atoms with Gasteiger partial charge in [0.2, 0.25) is 11.7 Å². The molecule has 5 rings (SSSR count). The van der Waals surface area contributed by atoms with Crippen molar-refractivity contribution < 1.29 is 18.5 Å². The van der Waals surface area contributed by atoms with Crippen LogP contribution in [-0.2, 0) is 16.1 Å². The number of amides is 2. The van der Waals surface area contributed by atoms with E-state index in [4.69, 9.17) is 16.1 Å². The normalized spacial score (nSPS) is 20.3. The summed E-state index contributed by atoms with van der Waals surface area (Å²) in [4.78, 5) is 30.8. The molecule has 2 atom stereocenters. The average molecular weight is 427 g/mol. The fourth-order valence-electron chi connectivity index (χ4n) is 3.43. The Morgan fingerprint density at radius 1 is 1.10 bits per heavy atom. The molecule has 0 radical (unpaired) electrons. The summed E-state index contributed by atoms with van der Waals surface area (Å²) in [6.07, 6.45) is 0. The van der Waals surface area contributed by atoms with Crippen molar-refractivity contribution in [2.75, 3.05) is 4.90 Å². The molecule has 2 aromatic carbocycles. The zero-order valence-electron chi connectivity index (χ0n) is 15.1. The molecule has 3 heterocycles. The van der Waals surface area contributed by atoms with Crippen molar-refractivity contribution in [2.45, 2.75) is 18.6 Å². The lowest BCUT2D eigenvalue weighted by Gasteiger charge is -2.19. The van der Waals surface area contributed by atoms with Gasteiger partial charge in [0, 0.05) is 10.6 Å². The summed E-state index contributed by atoms with van der Waals surface area (Å²) >= 11 is 5.98. The van der Waals surface area contributed by atoms with Gasteiger partial charge in [0.25, 0.3) is 11.8 Å². The van der Waals surface area contributed by atoms with Crippen LogP contribution in [0.25, 0.3) is 11.4 Å². The van der Waals surface area contributed by atoms with Crippen molar-refractivity contribution in [1.29, 1.82) is 0 Å². The molecule has 2 aliphatic heterocycles. The first-order valence-corrected chi connectivity index (χ1v) is 9.28. The molecule has 30 heavy (non-hydrogen) atoms. The monoisotopic (exact) mass is 426 g/mol. The van der Waals surface area contributed by atoms with Crippen LogP contribution in [0.2, 0.25) is 5.02 Å². The highest BCUT2D eigenvalue weighted by molar-refractivity contribution is 6.30. The molecule has 11 heteroatoms. The molecule has 1 fully saturated rings. The Morgan fingerprint density at radius 2 is 1.93 bits per heavy atom. The van der Waals surface area contributed by atoms with Gasteiger partial charge in [-0.15, -0.1) is 0 Å². The van der Waals surface area contributed by atoms with E-state index in [1.807, 2.05) is 0 Å². The van der Waals surface area contributed by atoms with Crippen LogP contribution in [0, 0.1) is 5.82 Å². The summed E-state index contributed by atoms with van der Waals surface area (Å²) in [5, 5.41) is 13.6. The lowest BCUT2D eigenvalue weighted by molar-refractivity contribution is -0.123. The third-order valence-electron chi connectivity index (χ3n) is 4.77. The van der Waals surface area contributed by atoms with Crippen LogP contribution in [0.5, 0.6) is 0 Å². The third kappa shape index (κ3) is 3.01. The number of carbonyl (C=O) groups is 2. The minimum absolute atomic E-state index is 0.0196. The first-order chi connectivity index (χ1) is 14.5. The van der Waals surface area contributed by atoms with Crippen LogP contribution < -0.4 is 4.90 Å². The van der Waals surface area contributed by atoms with E-state index >= 15 is 0 Å². The molecule has 9 nitrogen and oxygen atoms in total. The molecule has 0 aliphatic carbocycles. The molecule has 1 aromatic heterocycles. The largest absolute Gasteiger partial charge is 0.337 e. The molecule has 2 amide bonds. The third-order valence-corrected chi connectivity index (χ3v) is 5.01. The number of hydrogen-bond donors (Lipinski definition) is 0. The quantitative estimate of drug-likeness (QED) is 0.594. The first-order valence-electron chi connectivity index (χ1n) is 8.90. The van der Waals surface area contributed by atoms with Gasteiger partial charge in [-0.2, -0.15) is 10.1 Å². The lowest BCUT2D eigenvalue weighted by Crippen LogP contribution is -2.39. The molecule has 0 N–H and O–H groups in total. The molecular formula is C19H12ClFN6O3. The zero-order valence-corrected chi connectivity index (χ0v) is 15.9. The SMILES string of the molecule is O=C1[C@@H]2N=NN(Cc3nc(-c4cccc(Cl)c4)no3)[C@H]2C(=O)N1c1cccc(F)c1. The Bertz CT molecular complexity index is 1200. The predicted octanol–water partition coefficient (Wildman–Crippen LogP) is 3.02. The molecular weight excluding hydrogens is 415 g/mol. The molecule has 0 saturated carbocycles. The molecule has 150 valence electrons.